The fourth-order valence-electron chi connectivity index (χ4n) is 2.80. The second-order valence-electron chi connectivity index (χ2n) is 6.63. The van der Waals surface area contributed by atoms with E-state index in [0.717, 1.165) is 25.3 Å². The van der Waals surface area contributed by atoms with E-state index in [1.165, 1.54) is 12.0 Å². The Morgan fingerprint density at radius 1 is 1.27 bits per heavy atom. The van der Waals surface area contributed by atoms with E-state index in [9.17, 15) is 4.79 Å². The molecule has 122 valence electrons. The SMILES string of the molecule is CC1CCCN(C(=O)NC(C)Oc2ccc(C(C)C)cc2)C1. The van der Waals surface area contributed by atoms with Crippen molar-refractivity contribution in [2.24, 2.45) is 5.92 Å². The number of nitrogens with one attached hydrogen (secondary N) is 1. The third kappa shape index (κ3) is 4.65. The highest BCUT2D eigenvalue weighted by Gasteiger charge is 2.22. The summed E-state index contributed by atoms with van der Waals surface area (Å²) >= 11 is 0. The standard InChI is InChI=1S/C18H28N2O2/c1-13(2)16-7-9-17(10-8-16)22-15(4)19-18(21)20-11-5-6-14(3)12-20/h7-10,13-15H,5-6,11-12H2,1-4H3,(H,19,21). The minimum atomic E-state index is -0.338. The highest BCUT2D eigenvalue weighted by atomic mass is 16.5. The number of piperidine rings is 1. The van der Waals surface area contributed by atoms with E-state index in [2.05, 4.69) is 38.2 Å². The van der Waals surface area contributed by atoms with Crippen molar-refractivity contribution in [3.8, 4) is 5.75 Å². The maximum atomic E-state index is 12.2. The molecule has 1 aromatic carbocycles. The molecule has 2 amide bonds. The second kappa shape index (κ2) is 7.52. The molecule has 0 radical (unpaired) electrons. The van der Waals surface area contributed by atoms with Crippen LogP contribution in [0.2, 0.25) is 0 Å². The number of urea groups is 1. The summed E-state index contributed by atoms with van der Waals surface area (Å²) in [5.41, 5.74) is 1.28. The molecular weight excluding hydrogens is 276 g/mol. The van der Waals surface area contributed by atoms with E-state index in [0.29, 0.717) is 11.8 Å². The van der Waals surface area contributed by atoms with Gasteiger partial charge in [-0.05, 0) is 49.3 Å². The Morgan fingerprint density at radius 3 is 2.55 bits per heavy atom. The van der Waals surface area contributed by atoms with E-state index in [1.54, 1.807) is 0 Å². The van der Waals surface area contributed by atoms with Crippen LogP contribution in [0.5, 0.6) is 5.75 Å². The molecule has 1 saturated heterocycles. The number of hydrogen-bond acceptors (Lipinski definition) is 2. The largest absolute Gasteiger partial charge is 0.471 e. The minimum absolute atomic E-state index is 0.0298. The maximum absolute atomic E-state index is 12.2. The van der Waals surface area contributed by atoms with Gasteiger partial charge in [0.05, 0.1) is 0 Å². The molecule has 1 aliphatic rings. The van der Waals surface area contributed by atoms with Crippen molar-refractivity contribution in [2.75, 3.05) is 13.1 Å². The lowest BCUT2D eigenvalue weighted by molar-refractivity contribution is 0.137. The van der Waals surface area contributed by atoms with Gasteiger partial charge in [-0.25, -0.2) is 4.79 Å². The predicted octanol–water partition coefficient (Wildman–Crippen LogP) is 3.98. The molecule has 0 aliphatic carbocycles. The lowest BCUT2D eigenvalue weighted by Gasteiger charge is -2.32. The van der Waals surface area contributed by atoms with Gasteiger partial charge in [-0.2, -0.15) is 0 Å². The van der Waals surface area contributed by atoms with Gasteiger partial charge in [-0.1, -0.05) is 32.9 Å². The second-order valence-corrected chi connectivity index (χ2v) is 6.63. The van der Waals surface area contributed by atoms with Crippen molar-refractivity contribution in [3.63, 3.8) is 0 Å². The molecule has 1 fully saturated rings. The summed E-state index contributed by atoms with van der Waals surface area (Å²) in [5, 5.41) is 2.92. The van der Waals surface area contributed by atoms with E-state index in [4.69, 9.17) is 4.74 Å². The number of likely N-dealkylation sites (tertiary alicyclic amines) is 1. The zero-order valence-corrected chi connectivity index (χ0v) is 14.1. The summed E-state index contributed by atoms with van der Waals surface area (Å²) in [6.45, 7) is 10.1. The topological polar surface area (TPSA) is 41.6 Å². The summed E-state index contributed by atoms with van der Waals surface area (Å²) in [6, 6.07) is 8.03. The molecule has 0 spiro atoms. The van der Waals surface area contributed by atoms with Gasteiger partial charge in [0.15, 0.2) is 6.23 Å². The number of amides is 2. The Kier molecular flexibility index (Phi) is 5.69. The van der Waals surface area contributed by atoms with Gasteiger partial charge in [0.25, 0.3) is 0 Å². The van der Waals surface area contributed by atoms with Gasteiger partial charge >= 0.3 is 6.03 Å². The number of nitrogens with zero attached hydrogens (tertiary/aromatic N) is 1. The van der Waals surface area contributed by atoms with Crippen molar-refractivity contribution in [2.45, 2.75) is 52.7 Å². The summed E-state index contributed by atoms with van der Waals surface area (Å²) < 4.78 is 5.78. The highest BCUT2D eigenvalue weighted by molar-refractivity contribution is 5.74. The van der Waals surface area contributed by atoms with Crippen molar-refractivity contribution < 1.29 is 9.53 Å². The van der Waals surface area contributed by atoms with Crippen molar-refractivity contribution in [3.05, 3.63) is 29.8 Å². The molecule has 0 saturated carbocycles. The Bertz CT molecular complexity index is 484. The van der Waals surface area contributed by atoms with Crippen LogP contribution in [0.3, 0.4) is 0 Å². The van der Waals surface area contributed by atoms with E-state index < -0.39 is 0 Å². The number of rotatable bonds is 4. The average Bonchev–Trinajstić information content (AvgIpc) is 2.47. The van der Waals surface area contributed by atoms with Gasteiger partial charge in [0.1, 0.15) is 5.75 Å². The van der Waals surface area contributed by atoms with Crippen molar-refractivity contribution >= 4 is 6.03 Å². The minimum Gasteiger partial charge on any atom is -0.471 e. The lowest BCUT2D eigenvalue weighted by atomic mass is 10.0. The van der Waals surface area contributed by atoms with E-state index >= 15 is 0 Å². The van der Waals surface area contributed by atoms with Crippen LogP contribution >= 0.6 is 0 Å². The quantitative estimate of drug-likeness (QED) is 0.855. The maximum Gasteiger partial charge on any atom is 0.320 e. The fourth-order valence-corrected chi connectivity index (χ4v) is 2.80. The van der Waals surface area contributed by atoms with Gasteiger partial charge in [0.2, 0.25) is 0 Å². The molecule has 2 unspecified atom stereocenters. The molecule has 1 heterocycles. The van der Waals surface area contributed by atoms with Gasteiger partial charge in [-0.3, -0.25) is 0 Å². The molecule has 4 nitrogen and oxygen atoms in total. The van der Waals surface area contributed by atoms with Crippen LogP contribution < -0.4 is 10.1 Å². The Labute approximate surface area is 133 Å². The van der Waals surface area contributed by atoms with Crippen LogP contribution in [0.25, 0.3) is 0 Å². The number of carbonyl (C=O) groups is 1. The van der Waals surface area contributed by atoms with Crippen molar-refractivity contribution in [1.82, 2.24) is 10.2 Å². The molecule has 4 heteroatoms. The first-order chi connectivity index (χ1) is 10.5. The number of hydrogen-bond donors (Lipinski definition) is 1. The molecule has 0 aromatic heterocycles. The lowest BCUT2D eigenvalue weighted by Crippen LogP contribution is -2.49. The average molecular weight is 304 g/mol. The molecular formula is C18H28N2O2. The molecule has 2 atom stereocenters. The van der Waals surface area contributed by atoms with Crippen LogP contribution in [-0.4, -0.2) is 30.2 Å². The molecule has 1 aliphatic heterocycles. The third-order valence-corrected chi connectivity index (χ3v) is 4.13. The van der Waals surface area contributed by atoms with Crippen LogP contribution in [0, 0.1) is 5.92 Å². The van der Waals surface area contributed by atoms with E-state index in [-0.39, 0.29) is 12.3 Å². The first-order valence-corrected chi connectivity index (χ1v) is 8.27. The van der Waals surface area contributed by atoms with Crippen LogP contribution in [0.15, 0.2) is 24.3 Å². The first kappa shape index (κ1) is 16.7. The van der Waals surface area contributed by atoms with Crippen molar-refractivity contribution in [1.29, 1.82) is 0 Å². The van der Waals surface area contributed by atoms with Crippen LogP contribution in [-0.2, 0) is 0 Å². The smallest absolute Gasteiger partial charge is 0.320 e. The van der Waals surface area contributed by atoms with Gasteiger partial charge < -0.3 is 15.0 Å². The van der Waals surface area contributed by atoms with Gasteiger partial charge in [-0.15, -0.1) is 0 Å². The Hall–Kier alpha value is -1.71. The third-order valence-electron chi connectivity index (χ3n) is 4.13. The number of carbonyl (C=O) groups excluding carboxylic acids is 1. The van der Waals surface area contributed by atoms with Gasteiger partial charge in [0, 0.05) is 13.1 Å². The number of ether oxygens (including phenoxy) is 1. The zero-order valence-electron chi connectivity index (χ0n) is 14.1. The zero-order chi connectivity index (χ0) is 16.1. The molecule has 1 aromatic rings. The first-order valence-electron chi connectivity index (χ1n) is 8.27. The highest BCUT2D eigenvalue weighted by Crippen LogP contribution is 2.19. The Balaban J connectivity index is 1.84. The molecule has 0 bridgehead atoms. The monoisotopic (exact) mass is 304 g/mol. The summed E-state index contributed by atoms with van der Waals surface area (Å²) in [6.07, 6.45) is 1.95. The Morgan fingerprint density at radius 2 is 1.95 bits per heavy atom. The van der Waals surface area contributed by atoms with Crippen LogP contribution in [0.4, 0.5) is 4.79 Å². The summed E-state index contributed by atoms with van der Waals surface area (Å²) in [4.78, 5) is 14.1. The number of benzene rings is 1. The summed E-state index contributed by atoms with van der Waals surface area (Å²) in [5.74, 6) is 1.87. The predicted molar refractivity (Wildman–Crippen MR) is 89.1 cm³/mol. The molecule has 1 N–H and O–H groups in total. The summed E-state index contributed by atoms with van der Waals surface area (Å²) in [7, 11) is 0. The molecule has 22 heavy (non-hydrogen) atoms. The van der Waals surface area contributed by atoms with Crippen LogP contribution in [0.1, 0.15) is 52.0 Å². The fraction of sp³-hybridized carbons (Fsp3) is 0.611. The van der Waals surface area contributed by atoms with E-state index in [1.807, 2.05) is 24.0 Å². The molecule has 2 rings (SSSR count). The normalized spacial score (nSPS) is 19.9.